The van der Waals surface area contributed by atoms with E-state index in [1.807, 2.05) is 30.3 Å². The molecule has 0 aliphatic heterocycles. The second-order valence-electron chi connectivity index (χ2n) is 5.41. The Bertz CT molecular complexity index is 713. The first-order valence-electron chi connectivity index (χ1n) is 8.01. The molecule has 0 radical (unpaired) electrons. The molecule has 5 heteroatoms. The van der Waals surface area contributed by atoms with Crippen LogP contribution >= 0.6 is 0 Å². The first-order chi connectivity index (χ1) is 12.2. The lowest BCUT2D eigenvalue weighted by molar-refractivity contribution is -0.127. The van der Waals surface area contributed by atoms with E-state index in [-0.39, 0.29) is 19.1 Å². The number of rotatable bonds is 8. The monoisotopic (exact) mass is 341 g/mol. The van der Waals surface area contributed by atoms with Crippen molar-refractivity contribution in [2.24, 2.45) is 0 Å². The topological polar surface area (TPSA) is 59.0 Å². The molecule has 0 aliphatic carbocycles. The molecule has 5 nitrogen and oxygen atoms in total. The molecule has 0 unspecified atom stereocenters. The Morgan fingerprint density at radius 3 is 2.52 bits per heavy atom. The summed E-state index contributed by atoms with van der Waals surface area (Å²) in [6, 6.07) is 15.1. The van der Waals surface area contributed by atoms with Crippen LogP contribution in [0.4, 0.5) is 0 Å². The summed E-state index contributed by atoms with van der Waals surface area (Å²) in [4.78, 5) is 14.1. The predicted molar refractivity (Wildman–Crippen MR) is 97.5 cm³/mol. The van der Waals surface area contributed by atoms with Gasteiger partial charge in [0.25, 0.3) is 0 Å². The molecule has 0 spiro atoms. The first kappa shape index (κ1) is 18.5. The molecule has 1 amide bonds. The van der Waals surface area contributed by atoms with Gasteiger partial charge < -0.3 is 19.5 Å². The van der Waals surface area contributed by atoms with Crippen molar-refractivity contribution in [3.8, 4) is 11.5 Å². The van der Waals surface area contributed by atoms with Crippen molar-refractivity contribution < 1.29 is 19.4 Å². The summed E-state index contributed by atoms with van der Waals surface area (Å²) >= 11 is 0. The van der Waals surface area contributed by atoms with Gasteiger partial charge in [0.05, 0.1) is 20.8 Å². The molecule has 2 aromatic rings. The SMILES string of the molecule is COc1ccc(OC)c(/C=C/C(=O)N(CCO)Cc2ccccc2)c1. The molecule has 0 saturated carbocycles. The number of amides is 1. The highest BCUT2D eigenvalue weighted by atomic mass is 16.5. The second-order valence-corrected chi connectivity index (χ2v) is 5.41. The number of benzene rings is 2. The maximum absolute atomic E-state index is 12.5. The van der Waals surface area contributed by atoms with Crippen LogP contribution in [0.3, 0.4) is 0 Å². The number of carbonyl (C=O) groups is 1. The number of hydrogen-bond donors (Lipinski definition) is 1. The van der Waals surface area contributed by atoms with Crippen LogP contribution < -0.4 is 9.47 Å². The number of carbonyl (C=O) groups excluding carboxylic acids is 1. The van der Waals surface area contributed by atoms with Gasteiger partial charge in [-0.2, -0.15) is 0 Å². The van der Waals surface area contributed by atoms with E-state index in [1.165, 1.54) is 6.08 Å². The molecule has 0 aliphatic rings. The van der Waals surface area contributed by atoms with Crippen molar-refractivity contribution in [3.05, 3.63) is 65.7 Å². The highest BCUT2D eigenvalue weighted by molar-refractivity contribution is 5.92. The molecule has 0 saturated heterocycles. The Kier molecular flexibility index (Phi) is 7.04. The molecule has 2 rings (SSSR count). The van der Waals surface area contributed by atoms with E-state index in [2.05, 4.69) is 0 Å². The third-order valence-electron chi connectivity index (χ3n) is 3.74. The smallest absolute Gasteiger partial charge is 0.246 e. The molecule has 0 atom stereocenters. The third kappa shape index (κ3) is 5.36. The van der Waals surface area contributed by atoms with Crippen LogP contribution in [-0.2, 0) is 11.3 Å². The summed E-state index contributed by atoms with van der Waals surface area (Å²) < 4.78 is 10.5. The van der Waals surface area contributed by atoms with Gasteiger partial charge in [0.15, 0.2) is 0 Å². The number of hydrogen-bond acceptors (Lipinski definition) is 4. The largest absolute Gasteiger partial charge is 0.497 e. The Labute approximate surface area is 148 Å². The second kappa shape index (κ2) is 9.49. The number of aliphatic hydroxyl groups is 1. The normalized spacial score (nSPS) is 10.7. The van der Waals surface area contributed by atoms with Crippen molar-refractivity contribution in [1.82, 2.24) is 4.90 Å². The lowest BCUT2D eigenvalue weighted by Crippen LogP contribution is -2.31. The number of methoxy groups -OCH3 is 2. The van der Waals surface area contributed by atoms with Gasteiger partial charge in [-0.05, 0) is 29.8 Å². The molecule has 25 heavy (non-hydrogen) atoms. The summed E-state index contributed by atoms with van der Waals surface area (Å²) in [5, 5.41) is 9.24. The highest BCUT2D eigenvalue weighted by Gasteiger charge is 2.11. The maximum atomic E-state index is 12.5. The van der Waals surface area contributed by atoms with Crippen LogP contribution in [0.25, 0.3) is 6.08 Å². The Hall–Kier alpha value is -2.79. The lowest BCUT2D eigenvalue weighted by Gasteiger charge is -2.20. The minimum Gasteiger partial charge on any atom is -0.497 e. The minimum atomic E-state index is -0.178. The number of aliphatic hydroxyl groups excluding tert-OH is 1. The summed E-state index contributed by atoms with van der Waals surface area (Å²) in [7, 11) is 3.16. The fourth-order valence-corrected chi connectivity index (χ4v) is 2.43. The highest BCUT2D eigenvalue weighted by Crippen LogP contribution is 2.25. The van der Waals surface area contributed by atoms with Gasteiger partial charge >= 0.3 is 0 Å². The van der Waals surface area contributed by atoms with Crippen LogP contribution in [0, 0.1) is 0 Å². The number of ether oxygens (including phenoxy) is 2. The molecule has 132 valence electrons. The Balaban J connectivity index is 2.15. The Morgan fingerprint density at radius 1 is 1.12 bits per heavy atom. The van der Waals surface area contributed by atoms with E-state index in [9.17, 15) is 9.90 Å². The van der Waals surface area contributed by atoms with Crippen LogP contribution in [0.5, 0.6) is 11.5 Å². The van der Waals surface area contributed by atoms with E-state index >= 15 is 0 Å². The molecule has 0 aromatic heterocycles. The standard InChI is InChI=1S/C20H23NO4/c1-24-18-9-10-19(25-2)17(14-18)8-11-20(23)21(12-13-22)15-16-6-4-3-5-7-16/h3-11,14,22H,12-13,15H2,1-2H3/b11-8+. The van der Waals surface area contributed by atoms with Crippen molar-refractivity contribution in [1.29, 1.82) is 0 Å². The summed E-state index contributed by atoms with van der Waals surface area (Å²) in [5.74, 6) is 1.16. The van der Waals surface area contributed by atoms with E-state index in [0.29, 0.717) is 18.0 Å². The molecule has 2 aromatic carbocycles. The molecular formula is C20H23NO4. The van der Waals surface area contributed by atoms with E-state index in [0.717, 1.165) is 11.1 Å². The van der Waals surface area contributed by atoms with Crippen molar-refractivity contribution >= 4 is 12.0 Å². The van der Waals surface area contributed by atoms with Gasteiger partial charge in [-0.15, -0.1) is 0 Å². The van der Waals surface area contributed by atoms with Crippen LogP contribution in [0.15, 0.2) is 54.6 Å². The van der Waals surface area contributed by atoms with Crippen LogP contribution in [-0.4, -0.2) is 43.3 Å². The van der Waals surface area contributed by atoms with Crippen molar-refractivity contribution in [2.75, 3.05) is 27.4 Å². The summed E-state index contributed by atoms with van der Waals surface area (Å²) in [5.41, 5.74) is 1.76. The quantitative estimate of drug-likeness (QED) is 0.750. The van der Waals surface area contributed by atoms with Gasteiger partial charge in [0, 0.05) is 24.7 Å². The average molecular weight is 341 g/mol. The van der Waals surface area contributed by atoms with E-state index < -0.39 is 0 Å². The minimum absolute atomic E-state index is 0.0884. The van der Waals surface area contributed by atoms with Gasteiger partial charge in [0.1, 0.15) is 11.5 Å². The Morgan fingerprint density at radius 2 is 1.88 bits per heavy atom. The van der Waals surface area contributed by atoms with Gasteiger partial charge in [-0.3, -0.25) is 4.79 Å². The predicted octanol–water partition coefficient (Wildman–Crippen LogP) is 2.74. The van der Waals surface area contributed by atoms with Gasteiger partial charge in [-0.25, -0.2) is 0 Å². The van der Waals surface area contributed by atoms with Crippen molar-refractivity contribution in [2.45, 2.75) is 6.54 Å². The molecule has 0 fully saturated rings. The van der Waals surface area contributed by atoms with Crippen molar-refractivity contribution in [3.63, 3.8) is 0 Å². The van der Waals surface area contributed by atoms with Gasteiger partial charge in [0.2, 0.25) is 5.91 Å². The van der Waals surface area contributed by atoms with Crippen LogP contribution in [0.2, 0.25) is 0 Å². The molecular weight excluding hydrogens is 318 g/mol. The van der Waals surface area contributed by atoms with Gasteiger partial charge in [-0.1, -0.05) is 30.3 Å². The number of nitrogens with zero attached hydrogens (tertiary/aromatic N) is 1. The summed E-state index contributed by atoms with van der Waals surface area (Å²) in [6.07, 6.45) is 3.18. The zero-order valence-electron chi connectivity index (χ0n) is 14.5. The van der Waals surface area contributed by atoms with E-state index in [4.69, 9.17) is 9.47 Å². The molecule has 0 heterocycles. The maximum Gasteiger partial charge on any atom is 0.246 e. The zero-order valence-corrected chi connectivity index (χ0v) is 14.5. The fourth-order valence-electron chi connectivity index (χ4n) is 2.43. The fraction of sp³-hybridized carbons (Fsp3) is 0.250. The van der Waals surface area contributed by atoms with E-state index in [1.54, 1.807) is 43.4 Å². The average Bonchev–Trinajstić information content (AvgIpc) is 2.66. The van der Waals surface area contributed by atoms with Crippen LogP contribution in [0.1, 0.15) is 11.1 Å². The summed E-state index contributed by atoms with van der Waals surface area (Å²) in [6.45, 7) is 0.627. The third-order valence-corrected chi connectivity index (χ3v) is 3.74. The lowest BCUT2D eigenvalue weighted by atomic mass is 10.1. The molecule has 1 N–H and O–H groups in total. The first-order valence-corrected chi connectivity index (χ1v) is 8.01. The molecule has 0 bridgehead atoms. The zero-order chi connectivity index (χ0) is 18.1.